The summed E-state index contributed by atoms with van der Waals surface area (Å²) < 4.78 is 24.6. The Kier molecular flexibility index (Phi) is 8.84. The van der Waals surface area contributed by atoms with Crippen molar-refractivity contribution in [2.45, 2.75) is 44.2 Å². The number of methoxy groups -OCH3 is 1. The Balaban J connectivity index is 1.76. The van der Waals surface area contributed by atoms with Crippen molar-refractivity contribution < 1.29 is 23.7 Å². The minimum atomic E-state index is -1.46. The third-order valence-electron chi connectivity index (χ3n) is 6.04. The molecule has 1 saturated heterocycles. The molecule has 1 fully saturated rings. The van der Waals surface area contributed by atoms with Crippen LogP contribution in [0.25, 0.3) is 0 Å². The van der Waals surface area contributed by atoms with Crippen LogP contribution in [-0.4, -0.2) is 26.0 Å². The zero-order chi connectivity index (χ0) is 24.7. The standard InChI is InChI=1S/C28H28BrClO5/c1-32-27(31)28(21-12-6-3-7-13-21,35-25-14-8-9-17-33-25)18-22-24(16-15-23(30)26(22)29)34-19-20-10-4-2-5-11-20/h2-7,10-13,15-16,25H,8-9,14,17-19H2,1H3. The summed E-state index contributed by atoms with van der Waals surface area (Å²) in [5, 5.41) is 0.507. The van der Waals surface area contributed by atoms with Crippen LogP contribution in [-0.2, 0) is 37.6 Å². The summed E-state index contributed by atoms with van der Waals surface area (Å²) >= 11 is 10.1. The fourth-order valence-corrected chi connectivity index (χ4v) is 4.85. The highest BCUT2D eigenvalue weighted by molar-refractivity contribution is 9.10. The Morgan fingerprint density at radius 2 is 1.77 bits per heavy atom. The van der Waals surface area contributed by atoms with E-state index in [9.17, 15) is 4.79 Å². The van der Waals surface area contributed by atoms with E-state index in [4.69, 9.17) is 30.5 Å². The van der Waals surface area contributed by atoms with E-state index in [1.807, 2.05) is 66.7 Å². The number of carbonyl (C=O) groups is 1. The largest absolute Gasteiger partial charge is 0.489 e. The average Bonchev–Trinajstić information content (AvgIpc) is 2.91. The molecular weight excluding hydrogens is 532 g/mol. The van der Waals surface area contributed by atoms with Crippen LogP contribution in [0.4, 0.5) is 0 Å². The highest BCUT2D eigenvalue weighted by Crippen LogP contribution is 2.42. The molecule has 2 atom stereocenters. The molecule has 7 heteroatoms. The maximum atomic E-state index is 13.5. The van der Waals surface area contributed by atoms with E-state index in [0.717, 1.165) is 18.4 Å². The lowest BCUT2D eigenvalue weighted by Crippen LogP contribution is -2.46. The molecule has 0 saturated carbocycles. The second kappa shape index (κ2) is 12.0. The van der Waals surface area contributed by atoms with Gasteiger partial charge < -0.3 is 18.9 Å². The Hall–Kier alpha value is -2.38. The van der Waals surface area contributed by atoms with Gasteiger partial charge in [-0.2, -0.15) is 0 Å². The van der Waals surface area contributed by atoms with Gasteiger partial charge in [-0.3, -0.25) is 0 Å². The van der Waals surface area contributed by atoms with Gasteiger partial charge in [-0.15, -0.1) is 0 Å². The van der Waals surface area contributed by atoms with Gasteiger partial charge in [0.15, 0.2) is 11.9 Å². The first-order chi connectivity index (χ1) is 17.0. The normalized spacial score (nSPS) is 17.4. The molecule has 0 spiro atoms. The molecule has 35 heavy (non-hydrogen) atoms. The van der Waals surface area contributed by atoms with E-state index >= 15 is 0 Å². The predicted molar refractivity (Wildman–Crippen MR) is 138 cm³/mol. The molecule has 0 radical (unpaired) electrons. The van der Waals surface area contributed by atoms with Gasteiger partial charge in [0.1, 0.15) is 12.4 Å². The Bertz CT molecular complexity index is 1120. The van der Waals surface area contributed by atoms with Crippen LogP contribution in [0, 0.1) is 0 Å². The Morgan fingerprint density at radius 3 is 2.43 bits per heavy atom. The summed E-state index contributed by atoms with van der Waals surface area (Å²) in [7, 11) is 1.37. The van der Waals surface area contributed by atoms with Gasteiger partial charge in [0.2, 0.25) is 0 Å². The molecule has 5 nitrogen and oxygen atoms in total. The van der Waals surface area contributed by atoms with Gasteiger partial charge in [-0.05, 0) is 58.5 Å². The third-order valence-corrected chi connectivity index (χ3v) is 7.49. The fraction of sp³-hybridized carbons (Fsp3) is 0.321. The van der Waals surface area contributed by atoms with Crippen molar-refractivity contribution in [1.82, 2.24) is 0 Å². The highest BCUT2D eigenvalue weighted by atomic mass is 79.9. The molecule has 0 bridgehead atoms. The van der Waals surface area contributed by atoms with Crippen molar-refractivity contribution in [2.75, 3.05) is 13.7 Å². The first-order valence-corrected chi connectivity index (χ1v) is 12.8. The van der Waals surface area contributed by atoms with Gasteiger partial charge in [0, 0.05) is 23.1 Å². The van der Waals surface area contributed by atoms with Crippen LogP contribution >= 0.6 is 27.5 Å². The van der Waals surface area contributed by atoms with Gasteiger partial charge in [-0.1, -0.05) is 72.3 Å². The van der Waals surface area contributed by atoms with E-state index in [1.165, 1.54) is 7.11 Å². The van der Waals surface area contributed by atoms with Gasteiger partial charge in [0.05, 0.1) is 12.1 Å². The zero-order valence-corrected chi connectivity index (χ0v) is 21.9. The van der Waals surface area contributed by atoms with Gasteiger partial charge in [-0.25, -0.2) is 4.79 Å². The number of hydrogen-bond acceptors (Lipinski definition) is 5. The number of ether oxygens (including phenoxy) is 4. The quantitative estimate of drug-likeness (QED) is 0.269. The lowest BCUT2D eigenvalue weighted by atomic mass is 9.86. The highest BCUT2D eigenvalue weighted by Gasteiger charge is 2.46. The van der Waals surface area contributed by atoms with E-state index in [-0.39, 0.29) is 6.42 Å². The summed E-state index contributed by atoms with van der Waals surface area (Å²) in [6.07, 6.45) is 2.22. The first-order valence-electron chi connectivity index (χ1n) is 11.6. The summed E-state index contributed by atoms with van der Waals surface area (Å²) in [6.45, 7) is 0.952. The molecule has 184 valence electrons. The van der Waals surface area contributed by atoms with Crippen LogP contribution in [0.2, 0.25) is 5.02 Å². The second-order valence-electron chi connectivity index (χ2n) is 8.39. The van der Waals surface area contributed by atoms with Crippen LogP contribution < -0.4 is 4.74 Å². The van der Waals surface area contributed by atoms with E-state index < -0.39 is 17.9 Å². The summed E-state index contributed by atoms with van der Waals surface area (Å²) in [5.41, 5.74) is 0.940. The van der Waals surface area contributed by atoms with Crippen molar-refractivity contribution in [3.05, 3.63) is 99.0 Å². The number of halogens is 2. The van der Waals surface area contributed by atoms with Gasteiger partial charge in [0.25, 0.3) is 0 Å². The maximum Gasteiger partial charge on any atom is 0.343 e. The van der Waals surface area contributed by atoms with Crippen LogP contribution in [0.5, 0.6) is 5.75 Å². The average molecular weight is 560 g/mol. The summed E-state index contributed by atoms with van der Waals surface area (Å²) in [5.74, 6) is 0.0845. The topological polar surface area (TPSA) is 54.0 Å². The van der Waals surface area contributed by atoms with Crippen LogP contribution in [0.15, 0.2) is 77.3 Å². The van der Waals surface area contributed by atoms with Crippen LogP contribution in [0.1, 0.15) is 36.0 Å². The number of hydrogen-bond donors (Lipinski definition) is 0. The zero-order valence-electron chi connectivity index (χ0n) is 19.5. The summed E-state index contributed by atoms with van der Waals surface area (Å²) in [6, 6.07) is 22.8. The SMILES string of the molecule is COC(=O)C(Cc1c(OCc2ccccc2)ccc(Cl)c1Br)(OC1CCCCO1)c1ccccc1. The molecule has 3 aromatic carbocycles. The number of rotatable bonds is 9. The Labute approximate surface area is 219 Å². The number of carbonyl (C=O) groups excluding carboxylic acids is 1. The second-order valence-corrected chi connectivity index (χ2v) is 9.59. The molecule has 3 aromatic rings. The number of benzene rings is 3. The van der Waals surface area contributed by atoms with Crippen molar-refractivity contribution in [2.24, 2.45) is 0 Å². The summed E-state index contributed by atoms with van der Waals surface area (Å²) in [4.78, 5) is 13.5. The van der Waals surface area contributed by atoms with Crippen LogP contribution in [0.3, 0.4) is 0 Å². The van der Waals surface area contributed by atoms with Crippen molar-refractivity contribution in [1.29, 1.82) is 0 Å². The first kappa shape index (κ1) is 25.7. The molecular formula is C28H28BrClO5. The molecule has 0 aromatic heterocycles. The minimum Gasteiger partial charge on any atom is -0.489 e. The van der Waals surface area contributed by atoms with E-state index in [1.54, 1.807) is 6.07 Å². The van der Waals surface area contributed by atoms with Crippen molar-refractivity contribution in [3.8, 4) is 5.75 Å². The Morgan fingerprint density at radius 1 is 1.06 bits per heavy atom. The molecule has 4 rings (SSSR count). The van der Waals surface area contributed by atoms with Gasteiger partial charge >= 0.3 is 5.97 Å². The smallest absolute Gasteiger partial charge is 0.343 e. The lowest BCUT2D eigenvalue weighted by molar-refractivity contribution is -0.237. The van der Waals surface area contributed by atoms with E-state index in [0.29, 0.717) is 46.0 Å². The van der Waals surface area contributed by atoms with Crippen molar-refractivity contribution in [3.63, 3.8) is 0 Å². The molecule has 0 aliphatic carbocycles. The lowest BCUT2D eigenvalue weighted by Gasteiger charge is -2.37. The predicted octanol–water partition coefficient (Wildman–Crippen LogP) is 6.84. The molecule has 2 unspecified atom stereocenters. The van der Waals surface area contributed by atoms with Crippen molar-refractivity contribution >= 4 is 33.5 Å². The molecule has 1 heterocycles. The maximum absolute atomic E-state index is 13.5. The molecule has 1 aliphatic heterocycles. The third kappa shape index (κ3) is 6.07. The molecule has 1 aliphatic rings. The van der Waals surface area contributed by atoms with E-state index in [2.05, 4.69) is 15.9 Å². The monoisotopic (exact) mass is 558 g/mol. The minimum absolute atomic E-state index is 0.134. The fourth-order valence-electron chi connectivity index (χ4n) is 4.21. The molecule has 0 amide bonds. The number of esters is 1. The molecule has 0 N–H and O–H groups in total.